The highest BCUT2D eigenvalue weighted by molar-refractivity contribution is 9.10. The fourth-order valence-corrected chi connectivity index (χ4v) is 2.75. The van der Waals surface area contributed by atoms with Gasteiger partial charge in [-0.1, -0.05) is 46.3 Å². The average Bonchev–Trinajstić information content (AvgIpc) is 2.46. The first-order chi connectivity index (χ1) is 9.63. The summed E-state index contributed by atoms with van der Waals surface area (Å²) in [6, 6.07) is 12.0. The predicted molar refractivity (Wildman–Crippen MR) is 84.4 cm³/mol. The zero-order valence-corrected chi connectivity index (χ0v) is 13.0. The zero-order chi connectivity index (χ0) is 14.5. The van der Waals surface area contributed by atoms with Crippen LogP contribution in [0, 0.1) is 0 Å². The van der Waals surface area contributed by atoms with E-state index in [2.05, 4.69) is 28.1 Å². The number of esters is 1. The summed E-state index contributed by atoms with van der Waals surface area (Å²) < 4.78 is 5.98. The molecule has 0 spiro atoms. The van der Waals surface area contributed by atoms with Crippen LogP contribution in [-0.2, 0) is 9.53 Å². The molecule has 4 heteroatoms. The van der Waals surface area contributed by atoms with Gasteiger partial charge in [0.2, 0.25) is 0 Å². The Morgan fingerprint density at radius 3 is 2.65 bits per heavy atom. The van der Waals surface area contributed by atoms with Crippen LogP contribution in [0.4, 0.5) is 0 Å². The van der Waals surface area contributed by atoms with Gasteiger partial charge in [-0.15, -0.1) is 0 Å². The molecule has 0 amide bonds. The molecule has 0 aromatic heterocycles. The number of halogens is 1. The highest BCUT2D eigenvalue weighted by atomic mass is 79.9. The summed E-state index contributed by atoms with van der Waals surface area (Å²) in [5, 5.41) is 2.26. The van der Waals surface area contributed by atoms with Crippen LogP contribution in [0.15, 0.2) is 40.9 Å². The quantitative estimate of drug-likeness (QED) is 0.842. The molecule has 0 bridgehead atoms. The van der Waals surface area contributed by atoms with E-state index in [1.165, 1.54) is 0 Å². The number of rotatable bonds is 5. The molecule has 1 atom stereocenters. The Labute approximate surface area is 127 Å². The molecular weight excluding hydrogens is 318 g/mol. The van der Waals surface area contributed by atoms with E-state index in [4.69, 9.17) is 10.5 Å². The summed E-state index contributed by atoms with van der Waals surface area (Å²) in [4.78, 5) is 11.4. The van der Waals surface area contributed by atoms with E-state index >= 15 is 0 Å². The summed E-state index contributed by atoms with van der Waals surface area (Å²) in [5.74, 6) is -0.190. The highest BCUT2D eigenvalue weighted by Gasteiger charge is 2.13. The summed E-state index contributed by atoms with van der Waals surface area (Å²) >= 11 is 3.55. The van der Waals surface area contributed by atoms with Gasteiger partial charge >= 0.3 is 5.97 Å². The number of hydrogen-bond donors (Lipinski definition) is 1. The van der Waals surface area contributed by atoms with Crippen LogP contribution < -0.4 is 5.73 Å². The number of nitrogens with two attached hydrogens (primary N) is 1. The topological polar surface area (TPSA) is 52.3 Å². The SMILES string of the molecule is CCOC(=O)CCC(N)c1ccc(Br)c2ccccc12. The fraction of sp³-hybridized carbons (Fsp3) is 0.312. The maximum absolute atomic E-state index is 11.4. The van der Waals surface area contributed by atoms with Gasteiger partial charge < -0.3 is 10.5 Å². The summed E-state index contributed by atoms with van der Waals surface area (Å²) in [5.41, 5.74) is 7.30. The van der Waals surface area contributed by atoms with E-state index in [0.717, 1.165) is 20.8 Å². The molecule has 3 nitrogen and oxygen atoms in total. The van der Waals surface area contributed by atoms with Crippen molar-refractivity contribution in [3.8, 4) is 0 Å². The van der Waals surface area contributed by atoms with Crippen LogP contribution in [0.3, 0.4) is 0 Å². The van der Waals surface area contributed by atoms with Gasteiger partial charge in [0.05, 0.1) is 6.61 Å². The van der Waals surface area contributed by atoms with Crippen molar-refractivity contribution >= 4 is 32.7 Å². The van der Waals surface area contributed by atoms with Gasteiger partial charge in [-0.25, -0.2) is 0 Å². The van der Waals surface area contributed by atoms with Gasteiger partial charge in [-0.3, -0.25) is 4.79 Å². The minimum absolute atomic E-state index is 0.169. The third-order valence-electron chi connectivity index (χ3n) is 3.27. The third kappa shape index (κ3) is 3.38. The van der Waals surface area contributed by atoms with Crippen molar-refractivity contribution in [1.82, 2.24) is 0 Å². The Balaban J connectivity index is 2.20. The predicted octanol–water partition coefficient (Wildman–Crippen LogP) is 3.95. The van der Waals surface area contributed by atoms with Gasteiger partial charge in [0.15, 0.2) is 0 Å². The summed E-state index contributed by atoms with van der Waals surface area (Å²) in [7, 11) is 0. The largest absolute Gasteiger partial charge is 0.466 e. The normalized spacial score (nSPS) is 12.3. The molecular formula is C16H18BrNO2. The zero-order valence-electron chi connectivity index (χ0n) is 11.4. The lowest BCUT2D eigenvalue weighted by molar-refractivity contribution is -0.143. The molecule has 20 heavy (non-hydrogen) atoms. The second-order valence-corrected chi connectivity index (χ2v) is 5.49. The minimum atomic E-state index is -0.190. The molecule has 0 saturated heterocycles. The molecule has 0 aliphatic rings. The second-order valence-electron chi connectivity index (χ2n) is 4.63. The number of fused-ring (bicyclic) bond motifs is 1. The first-order valence-corrected chi connectivity index (χ1v) is 7.51. The molecule has 106 valence electrons. The van der Waals surface area contributed by atoms with Gasteiger partial charge in [-0.05, 0) is 35.7 Å². The maximum atomic E-state index is 11.4. The van der Waals surface area contributed by atoms with Gasteiger partial charge in [0, 0.05) is 16.9 Å². The van der Waals surface area contributed by atoms with Crippen LogP contribution in [0.2, 0.25) is 0 Å². The Bertz CT molecular complexity index is 612. The van der Waals surface area contributed by atoms with Crippen molar-refractivity contribution in [3.63, 3.8) is 0 Å². The van der Waals surface area contributed by atoms with Crippen LogP contribution in [-0.4, -0.2) is 12.6 Å². The molecule has 0 saturated carbocycles. The van der Waals surface area contributed by atoms with Gasteiger partial charge in [0.25, 0.3) is 0 Å². The van der Waals surface area contributed by atoms with Crippen molar-refractivity contribution < 1.29 is 9.53 Å². The first kappa shape index (κ1) is 15.0. The van der Waals surface area contributed by atoms with E-state index < -0.39 is 0 Å². The Kier molecular flexibility index (Phi) is 5.15. The van der Waals surface area contributed by atoms with Gasteiger partial charge in [0.1, 0.15) is 0 Å². The number of ether oxygens (including phenoxy) is 1. The molecule has 1 unspecified atom stereocenters. The van der Waals surface area contributed by atoms with Gasteiger partial charge in [-0.2, -0.15) is 0 Å². The van der Waals surface area contributed by atoms with Crippen LogP contribution in [0.25, 0.3) is 10.8 Å². The summed E-state index contributed by atoms with van der Waals surface area (Å²) in [6.45, 7) is 2.22. The maximum Gasteiger partial charge on any atom is 0.305 e. The van der Waals surface area contributed by atoms with E-state index in [-0.39, 0.29) is 12.0 Å². The van der Waals surface area contributed by atoms with Crippen molar-refractivity contribution in [2.45, 2.75) is 25.8 Å². The lowest BCUT2D eigenvalue weighted by atomic mass is 9.96. The van der Waals surface area contributed by atoms with E-state index in [0.29, 0.717) is 19.4 Å². The van der Waals surface area contributed by atoms with E-state index in [1.54, 1.807) is 6.92 Å². The van der Waals surface area contributed by atoms with E-state index in [9.17, 15) is 4.79 Å². The second kappa shape index (κ2) is 6.86. The number of hydrogen-bond acceptors (Lipinski definition) is 3. The van der Waals surface area contributed by atoms with Crippen molar-refractivity contribution in [2.75, 3.05) is 6.61 Å². The number of benzene rings is 2. The molecule has 0 heterocycles. The molecule has 0 radical (unpaired) electrons. The third-order valence-corrected chi connectivity index (χ3v) is 3.96. The Morgan fingerprint density at radius 1 is 1.25 bits per heavy atom. The molecule has 0 aliphatic carbocycles. The monoisotopic (exact) mass is 335 g/mol. The Morgan fingerprint density at radius 2 is 1.95 bits per heavy atom. The minimum Gasteiger partial charge on any atom is -0.466 e. The lowest BCUT2D eigenvalue weighted by Crippen LogP contribution is -2.14. The number of carbonyl (C=O) groups is 1. The van der Waals surface area contributed by atoms with Crippen molar-refractivity contribution in [3.05, 3.63) is 46.4 Å². The smallest absolute Gasteiger partial charge is 0.305 e. The van der Waals surface area contributed by atoms with Crippen molar-refractivity contribution in [1.29, 1.82) is 0 Å². The molecule has 2 rings (SSSR count). The molecule has 2 N–H and O–H groups in total. The highest BCUT2D eigenvalue weighted by Crippen LogP contribution is 2.30. The molecule has 0 fully saturated rings. The fourth-order valence-electron chi connectivity index (χ4n) is 2.27. The van der Waals surface area contributed by atoms with Crippen LogP contribution >= 0.6 is 15.9 Å². The number of carbonyl (C=O) groups excluding carboxylic acids is 1. The van der Waals surface area contributed by atoms with Crippen LogP contribution in [0.1, 0.15) is 31.4 Å². The standard InChI is InChI=1S/C16H18BrNO2/c1-2-20-16(19)10-9-15(18)13-7-8-14(17)12-6-4-3-5-11(12)13/h3-8,15H,2,9-10,18H2,1H3. The lowest BCUT2D eigenvalue weighted by Gasteiger charge is -2.15. The first-order valence-electron chi connectivity index (χ1n) is 6.71. The van der Waals surface area contributed by atoms with Crippen LogP contribution in [0.5, 0.6) is 0 Å². The van der Waals surface area contributed by atoms with E-state index in [1.807, 2.05) is 24.3 Å². The van der Waals surface area contributed by atoms with Crippen molar-refractivity contribution in [2.24, 2.45) is 5.73 Å². The summed E-state index contributed by atoms with van der Waals surface area (Å²) in [6.07, 6.45) is 0.934. The molecule has 2 aromatic carbocycles. The average molecular weight is 336 g/mol. The Hall–Kier alpha value is -1.39. The molecule has 2 aromatic rings. The molecule has 0 aliphatic heterocycles.